The quantitative estimate of drug-likeness (QED) is 0.199. The van der Waals surface area contributed by atoms with Crippen LogP contribution in [-0.2, 0) is 5.41 Å². The average Bonchev–Trinajstić information content (AvgIpc) is 3.26. The minimum Gasteiger partial charge on any atom is -0.0619 e. The van der Waals surface area contributed by atoms with Crippen molar-refractivity contribution in [3.05, 3.63) is 145 Å². The van der Waals surface area contributed by atoms with Crippen LogP contribution in [0.2, 0.25) is 0 Å². The van der Waals surface area contributed by atoms with Crippen LogP contribution in [0.1, 0.15) is 25.0 Å². The first-order valence-corrected chi connectivity index (χ1v) is 14.5. The van der Waals surface area contributed by atoms with E-state index in [2.05, 4.69) is 147 Å². The minimum atomic E-state index is -0.0472. The van der Waals surface area contributed by atoms with Crippen LogP contribution in [0.15, 0.2) is 133 Å². The third kappa shape index (κ3) is 3.05. The van der Waals surface area contributed by atoms with E-state index in [1.165, 1.54) is 87.6 Å². The maximum Gasteiger partial charge on any atom is 0.0159 e. The molecule has 1 aliphatic rings. The van der Waals surface area contributed by atoms with Gasteiger partial charge in [0.2, 0.25) is 0 Å². The van der Waals surface area contributed by atoms with Gasteiger partial charge >= 0.3 is 0 Å². The summed E-state index contributed by atoms with van der Waals surface area (Å²) in [4.78, 5) is 0. The van der Waals surface area contributed by atoms with Crippen LogP contribution in [0.25, 0.3) is 76.5 Å². The van der Waals surface area contributed by atoms with E-state index in [4.69, 9.17) is 0 Å². The summed E-state index contributed by atoms with van der Waals surface area (Å²) in [6.45, 7) is 4.74. The zero-order valence-electron chi connectivity index (χ0n) is 23.2. The lowest BCUT2D eigenvalue weighted by molar-refractivity contribution is 0.661. The minimum absolute atomic E-state index is 0.0472. The molecule has 0 atom stereocenters. The molecular weight excluding hydrogens is 492 g/mol. The standard InChI is InChI=1S/C41H28/c1-41(2)36-16-6-5-15-34(36)40-32-14-4-3-13-31(32)35(24-37(40)41)29-12-8-11-28(23-29)30-21-19-27-18-17-25-9-7-10-26-20-22-33(30)39(27)38(25)26/h3-24H,1-2H3. The number of hydrogen-bond acceptors (Lipinski definition) is 0. The Kier molecular flexibility index (Phi) is 4.49. The van der Waals surface area contributed by atoms with Crippen molar-refractivity contribution in [1.82, 2.24) is 0 Å². The molecule has 0 amide bonds. The molecule has 0 spiro atoms. The fourth-order valence-electron chi connectivity index (χ4n) is 7.63. The summed E-state index contributed by atoms with van der Waals surface area (Å²) < 4.78 is 0. The van der Waals surface area contributed by atoms with Crippen molar-refractivity contribution in [3.63, 3.8) is 0 Å². The second kappa shape index (κ2) is 8.05. The summed E-state index contributed by atoms with van der Waals surface area (Å²) in [5.41, 5.74) is 10.7. The number of hydrogen-bond donors (Lipinski definition) is 0. The Labute approximate surface area is 239 Å². The second-order valence-electron chi connectivity index (χ2n) is 12.1. The molecule has 0 aromatic heterocycles. The molecule has 0 heteroatoms. The van der Waals surface area contributed by atoms with Gasteiger partial charge in [-0.2, -0.15) is 0 Å². The molecule has 0 nitrogen and oxygen atoms in total. The van der Waals surface area contributed by atoms with Gasteiger partial charge in [-0.25, -0.2) is 0 Å². The summed E-state index contributed by atoms with van der Waals surface area (Å²) in [6.07, 6.45) is 0. The molecule has 0 aliphatic heterocycles. The Bertz CT molecular complexity index is 2320. The molecule has 0 radical (unpaired) electrons. The van der Waals surface area contributed by atoms with Gasteiger partial charge in [-0.1, -0.05) is 135 Å². The van der Waals surface area contributed by atoms with E-state index in [9.17, 15) is 0 Å². The Morgan fingerprint density at radius 3 is 1.85 bits per heavy atom. The van der Waals surface area contributed by atoms with E-state index in [1.54, 1.807) is 0 Å². The summed E-state index contributed by atoms with van der Waals surface area (Å²) in [6, 6.07) is 49.9. The van der Waals surface area contributed by atoms with Gasteiger partial charge in [0.25, 0.3) is 0 Å². The first-order chi connectivity index (χ1) is 20.1. The Morgan fingerprint density at radius 1 is 0.390 bits per heavy atom. The van der Waals surface area contributed by atoms with Crippen molar-refractivity contribution in [2.24, 2.45) is 0 Å². The van der Waals surface area contributed by atoms with Gasteiger partial charge in [-0.05, 0) is 99.7 Å². The van der Waals surface area contributed by atoms with Gasteiger partial charge in [-0.15, -0.1) is 0 Å². The maximum absolute atomic E-state index is 2.47. The second-order valence-corrected chi connectivity index (χ2v) is 12.1. The molecule has 192 valence electrons. The van der Waals surface area contributed by atoms with Gasteiger partial charge in [0.1, 0.15) is 0 Å². The molecule has 9 rings (SSSR count). The predicted molar refractivity (Wildman–Crippen MR) is 176 cm³/mol. The number of rotatable bonds is 2. The van der Waals surface area contributed by atoms with Gasteiger partial charge in [0.05, 0.1) is 0 Å². The highest BCUT2D eigenvalue weighted by molar-refractivity contribution is 6.25. The van der Waals surface area contributed by atoms with E-state index >= 15 is 0 Å². The molecule has 0 saturated heterocycles. The van der Waals surface area contributed by atoms with E-state index in [0.29, 0.717) is 0 Å². The lowest BCUT2D eigenvalue weighted by atomic mass is 9.80. The van der Waals surface area contributed by atoms with Crippen molar-refractivity contribution < 1.29 is 0 Å². The first kappa shape index (κ1) is 22.8. The molecule has 0 fully saturated rings. The van der Waals surface area contributed by atoms with Crippen LogP contribution in [0.3, 0.4) is 0 Å². The SMILES string of the molecule is CC1(C)c2ccccc2-c2c1cc(-c1cccc(-c3ccc4ccc5cccc6ccc3c4c56)c1)c1ccccc21. The fraction of sp³-hybridized carbons (Fsp3) is 0.0732. The van der Waals surface area contributed by atoms with Gasteiger partial charge in [-0.3, -0.25) is 0 Å². The first-order valence-electron chi connectivity index (χ1n) is 14.5. The molecule has 0 saturated carbocycles. The van der Waals surface area contributed by atoms with E-state index in [0.717, 1.165) is 0 Å². The van der Waals surface area contributed by atoms with Crippen molar-refractivity contribution in [2.75, 3.05) is 0 Å². The Hall–Kier alpha value is -4.94. The van der Waals surface area contributed by atoms with Crippen molar-refractivity contribution in [2.45, 2.75) is 19.3 Å². The highest BCUT2D eigenvalue weighted by Gasteiger charge is 2.36. The molecule has 0 unspecified atom stereocenters. The normalized spacial score (nSPS) is 13.8. The van der Waals surface area contributed by atoms with Crippen LogP contribution in [0.4, 0.5) is 0 Å². The van der Waals surface area contributed by atoms with Gasteiger partial charge in [0, 0.05) is 5.41 Å². The highest BCUT2D eigenvalue weighted by atomic mass is 14.4. The van der Waals surface area contributed by atoms with Crippen LogP contribution >= 0.6 is 0 Å². The van der Waals surface area contributed by atoms with E-state index in [-0.39, 0.29) is 5.41 Å². The third-order valence-electron chi connectivity index (χ3n) is 9.60. The average molecular weight is 521 g/mol. The molecule has 0 bridgehead atoms. The van der Waals surface area contributed by atoms with Crippen molar-refractivity contribution in [3.8, 4) is 33.4 Å². The molecule has 8 aromatic carbocycles. The Morgan fingerprint density at radius 2 is 1.02 bits per heavy atom. The summed E-state index contributed by atoms with van der Waals surface area (Å²) in [5, 5.41) is 10.6. The van der Waals surface area contributed by atoms with Crippen LogP contribution in [-0.4, -0.2) is 0 Å². The number of benzene rings is 8. The molecule has 0 heterocycles. The van der Waals surface area contributed by atoms with E-state index in [1.807, 2.05) is 0 Å². The molecule has 8 aromatic rings. The molecule has 0 N–H and O–H groups in total. The lowest BCUT2D eigenvalue weighted by Crippen LogP contribution is -2.15. The van der Waals surface area contributed by atoms with Gasteiger partial charge in [0.15, 0.2) is 0 Å². The van der Waals surface area contributed by atoms with Gasteiger partial charge < -0.3 is 0 Å². The molecule has 1 aliphatic carbocycles. The highest BCUT2D eigenvalue weighted by Crippen LogP contribution is 2.53. The maximum atomic E-state index is 2.47. The zero-order valence-corrected chi connectivity index (χ0v) is 23.2. The van der Waals surface area contributed by atoms with Crippen LogP contribution in [0.5, 0.6) is 0 Å². The molecule has 41 heavy (non-hydrogen) atoms. The zero-order chi connectivity index (χ0) is 27.3. The predicted octanol–water partition coefficient (Wildman–Crippen LogP) is 11.4. The fourth-order valence-corrected chi connectivity index (χ4v) is 7.63. The largest absolute Gasteiger partial charge is 0.0619 e. The monoisotopic (exact) mass is 520 g/mol. The van der Waals surface area contributed by atoms with E-state index < -0.39 is 0 Å². The van der Waals surface area contributed by atoms with Crippen molar-refractivity contribution in [1.29, 1.82) is 0 Å². The Balaban J connectivity index is 1.29. The summed E-state index contributed by atoms with van der Waals surface area (Å²) in [7, 11) is 0. The number of fused-ring (bicyclic) bond motifs is 5. The van der Waals surface area contributed by atoms with Crippen LogP contribution in [0, 0.1) is 0 Å². The summed E-state index contributed by atoms with van der Waals surface area (Å²) >= 11 is 0. The summed E-state index contributed by atoms with van der Waals surface area (Å²) in [5.74, 6) is 0. The van der Waals surface area contributed by atoms with Crippen LogP contribution < -0.4 is 0 Å². The lowest BCUT2D eigenvalue weighted by Gasteiger charge is -2.23. The molecular formula is C41H28. The third-order valence-corrected chi connectivity index (χ3v) is 9.60. The van der Waals surface area contributed by atoms with Crippen molar-refractivity contribution >= 4 is 43.1 Å². The topological polar surface area (TPSA) is 0 Å². The smallest absolute Gasteiger partial charge is 0.0159 e.